The number of halogens is 1. The molecule has 3 heteroatoms. The molecule has 0 aromatic heterocycles. The Bertz CT molecular complexity index is 312. The normalized spacial score (nSPS) is 9.86. The molecule has 2 nitrogen and oxygen atoms in total. The van der Waals surface area contributed by atoms with E-state index < -0.39 is 0 Å². The van der Waals surface area contributed by atoms with Gasteiger partial charge in [-0.15, -0.1) is 0 Å². The van der Waals surface area contributed by atoms with Crippen LogP contribution in [0.1, 0.15) is 26.2 Å². The molecule has 1 rings (SSSR count). The third-order valence-corrected chi connectivity index (χ3v) is 2.10. The highest BCUT2D eigenvalue weighted by atomic mass is 35.5. The molecule has 0 saturated heterocycles. The van der Waals surface area contributed by atoms with Crippen molar-refractivity contribution in [1.29, 1.82) is 0 Å². The van der Waals surface area contributed by atoms with Crippen molar-refractivity contribution >= 4 is 23.2 Å². The van der Waals surface area contributed by atoms with Gasteiger partial charge in [0.15, 0.2) is 0 Å². The van der Waals surface area contributed by atoms with E-state index in [0.717, 1.165) is 18.5 Å². The number of nitrogens with one attached hydrogen (secondary N) is 1. The second-order valence-corrected chi connectivity index (χ2v) is 3.60. The predicted octanol–water partition coefficient (Wildman–Crippen LogP) is 3.47. The molecular formula is C11H14ClNO. The Balaban J connectivity index is 2.47. The number of carbonyl (C=O) groups is 1. The van der Waals surface area contributed by atoms with Crippen molar-refractivity contribution in [1.82, 2.24) is 0 Å². The van der Waals surface area contributed by atoms with Crippen LogP contribution >= 0.6 is 11.6 Å². The fourth-order valence-electron chi connectivity index (χ4n) is 1.13. The van der Waals surface area contributed by atoms with Gasteiger partial charge in [0.25, 0.3) is 0 Å². The van der Waals surface area contributed by atoms with Gasteiger partial charge in [-0.1, -0.05) is 31.0 Å². The topological polar surface area (TPSA) is 29.1 Å². The fraction of sp³-hybridized carbons (Fsp3) is 0.364. The zero-order valence-electron chi connectivity index (χ0n) is 8.22. The first-order valence-corrected chi connectivity index (χ1v) is 5.15. The molecule has 0 aliphatic rings. The van der Waals surface area contributed by atoms with Crippen molar-refractivity contribution in [2.24, 2.45) is 0 Å². The molecule has 0 bridgehead atoms. The summed E-state index contributed by atoms with van der Waals surface area (Å²) in [7, 11) is 0. The van der Waals surface area contributed by atoms with Crippen LogP contribution in [0.2, 0.25) is 5.02 Å². The van der Waals surface area contributed by atoms with E-state index >= 15 is 0 Å². The van der Waals surface area contributed by atoms with Gasteiger partial charge in [-0.3, -0.25) is 4.79 Å². The van der Waals surface area contributed by atoms with Gasteiger partial charge in [0.1, 0.15) is 0 Å². The number of anilines is 1. The first kappa shape index (κ1) is 11.1. The second kappa shape index (κ2) is 5.66. The van der Waals surface area contributed by atoms with Crippen LogP contribution < -0.4 is 5.32 Å². The fourth-order valence-corrected chi connectivity index (χ4v) is 1.32. The Morgan fingerprint density at radius 2 is 2.29 bits per heavy atom. The highest BCUT2D eigenvalue weighted by molar-refractivity contribution is 6.30. The number of unbranched alkanes of at least 4 members (excludes halogenated alkanes) is 1. The molecule has 0 saturated carbocycles. The maximum Gasteiger partial charge on any atom is 0.224 e. The quantitative estimate of drug-likeness (QED) is 0.812. The van der Waals surface area contributed by atoms with E-state index in [0.29, 0.717) is 11.4 Å². The average Bonchev–Trinajstić information content (AvgIpc) is 2.15. The van der Waals surface area contributed by atoms with Crippen LogP contribution in [0.3, 0.4) is 0 Å². The van der Waals surface area contributed by atoms with Crippen LogP contribution in [-0.4, -0.2) is 5.91 Å². The van der Waals surface area contributed by atoms with Crippen molar-refractivity contribution in [3.05, 3.63) is 29.3 Å². The zero-order valence-corrected chi connectivity index (χ0v) is 8.97. The van der Waals surface area contributed by atoms with Crippen LogP contribution in [0.25, 0.3) is 0 Å². The van der Waals surface area contributed by atoms with Crippen molar-refractivity contribution in [2.45, 2.75) is 26.2 Å². The minimum Gasteiger partial charge on any atom is -0.326 e. The van der Waals surface area contributed by atoms with E-state index in [-0.39, 0.29) is 5.91 Å². The third-order valence-electron chi connectivity index (χ3n) is 1.87. The Morgan fingerprint density at radius 1 is 1.50 bits per heavy atom. The Labute approximate surface area is 89.3 Å². The molecular weight excluding hydrogens is 198 g/mol. The molecule has 0 aliphatic carbocycles. The molecule has 1 aromatic carbocycles. The summed E-state index contributed by atoms with van der Waals surface area (Å²) in [5.41, 5.74) is 0.763. The molecule has 1 N–H and O–H groups in total. The lowest BCUT2D eigenvalue weighted by Gasteiger charge is -2.04. The summed E-state index contributed by atoms with van der Waals surface area (Å²) in [4.78, 5) is 11.3. The lowest BCUT2D eigenvalue weighted by atomic mass is 10.2. The van der Waals surface area contributed by atoms with E-state index in [2.05, 4.69) is 12.2 Å². The Kier molecular flexibility index (Phi) is 4.47. The minimum atomic E-state index is 0.0501. The molecule has 0 unspecified atom stereocenters. The summed E-state index contributed by atoms with van der Waals surface area (Å²) in [5, 5.41) is 3.43. The summed E-state index contributed by atoms with van der Waals surface area (Å²) in [5.74, 6) is 0.0501. The number of rotatable bonds is 4. The van der Waals surface area contributed by atoms with Crippen molar-refractivity contribution < 1.29 is 4.79 Å². The van der Waals surface area contributed by atoms with Crippen LogP contribution in [0.5, 0.6) is 0 Å². The molecule has 0 aliphatic heterocycles. The first-order valence-electron chi connectivity index (χ1n) is 4.78. The summed E-state index contributed by atoms with van der Waals surface area (Å²) < 4.78 is 0. The summed E-state index contributed by atoms with van der Waals surface area (Å²) in [6, 6.07) is 7.17. The molecule has 1 aromatic rings. The minimum absolute atomic E-state index is 0.0501. The van der Waals surface area contributed by atoms with Crippen LogP contribution in [0, 0.1) is 0 Å². The van der Waals surface area contributed by atoms with Gasteiger partial charge >= 0.3 is 0 Å². The number of amides is 1. The van der Waals surface area contributed by atoms with Crippen LogP contribution in [-0.2, 0) is 4.79 Å². The maximum atomic E-state index is 11.3. The summed E-state index contributed by atoms with van der Waals surface area (Å²) in [6.07, 6.45) is 2.53. The van der Waals surface area contributed by atoms with Crippen molar-refractivity contribution in [2.75, 3.05) is 5.32 Å². The van der Waals surface area contributed by atoms with Crippen molar-refractivity contribution in [3.8, 4) is 0 Å². The third kappa shape index (κ3) is 3.79. The van der Waals surface area contributed by atoms with E-state index in [1.54, 1.807) is 12.1 Å². The largest absolute Gasteiger partial charge is 0.326 e. The standard InChI is InChI=1S/C11H14ClNO/c1-2-3-7-11(14)13-10-6-4-5-9(12)8-10/h4-6,8H,2-3,7H2,1H3,(H,13,14). The Hall–Kier alpha value is -1.02. The molecule has 1 amide bonds. The summed E-state index contributed by atoms with van der Waals surface area (Å²) >= 11 is 5.78. The first-order chi connectivity index (χ1) is 6.72. The lowest BCUT2D eigenvalue weighted by Crippen LogP contribution is -2.10. The van der Waals surface area contributed by atoms with E-state index in [1.807, 2.05) is 12.1 Å². The lowest BCUT2D eigenvalue weighted by molar-refractivity contribution is -0.116. The smallest absolute Gasteiger partial charge is 0.224 e. The number of benzene rings is 1. The molecule has 0 heterocycles. The van der Waals surface area contributed by atoms with Gasteiger partial charge in [-0.25, -0.2) is 0 Å². The van der Waals surface area contributed by atoms with E-state index in [1.165, 1.54) is 0 Å². The Morgan fingerprint density at radius 3 is 2.93 bits per heavy atom. The molecule has 0 fully saturated rings. The van der Waals surface area contributed by atoms with E-state index in [4.69, 9.17) is 11.6 Å². The van der Waals surface area contributed by atoms with Crippen molar-refractivity contribution in [3.63, 3.8) is 0 Å². The van der Waals surface area contributed by atoms with Crippen LogP contribution in [0.15, 0.2) is 24.3 Å². The van der Waals surface area contributed by atoms with Gasteiger partial charge in [0.2, 0.25) is 5.91 Å². The highest BCUT2D eigenvalue weighted by Gasteiger charge is 2.01. The number of carbonyl (C=O) groups excluding carboxylic acids is 1. The molecule has 0 radical (unpaired) electrons. The van der Waals surface area contributed by atoms with Gasteiger partial charge in [-0.05, 0) is 24.6 Å². The average molecular weight is 212 g/mol. The molecule has 14 heavy (non-hydrogen) atoms. The second-order valence-electron chi connectivity index (χ2n) is 3.16. The zero-order chi connectivity index (χ0) is 10.4. The van der Waals surface area contributed by atoms with Gasteiger partial charge in [0.05, 0.1) is 0 Å². The SMILES string of the molecule is CCCCC(=O)Nc1cccc(Cl)c1. The summed E-state index contributed by atoms with van der Waals surface area (Å²) in [6.45, 7) is 2.06. The molecule has 0 spiro atoms. The maximum absolute atomic E-state index is 11.3. The van der Waals surface area contributed by atoms with Gasteiger partial charge in [-0.2, -0.15) is 0 Å². The van der Waals surface area contributed by atoms with Gasteiger partial charge in [0, 0.05) is 17.1 Å². The number of hydrogen-bond acceptors (Lipinski definition) is 1. The predicted molar refractivity (Wildman–Crippen MR) is 59.6 cm³/mol. The molecule has 0 atom stereocenters. The molecule has 76 valence electrons. The monoisotopic (exact) mass is 211 g/mol. The van der Waals surface area contributed by atoms with Gasteiger partial charge < -0.3 is 5.32 Å². The van der Waals surface area contributed by atoms with Crippen LogP contribution in [0.4, 0.5) is 5.69 Å². The van der Waals surface area contributed by atoms with E-state index in [9.17, 15) is 4.79 Å². The number of hydrogen-bond donors (Lipinski definition) is 1. The highest BCUT2D eigenvalue weighted by Crippen LogP contribution is 2.15.